The quantitative estimate of drug-likeness (QED) is 0.440. The van der Waals surface area contributed by atoms with E-state index in [4.69, 9.17) is 9.47 Å². The number of carbonyl (C=O) groups excluding carboxylic acids is 1. The van der Waals surface area contributed by atoms with Gasteiger partial charge < -0.3 is 20.1 Å². The summed E-state index contributed by atoms with van der Waals surface area (Å²) in [6.45, 7) is 4.56. The van der Waals surface area contributed by atoms with Crippen LogP contribution in [0.3, 0.4) is 0 Å². The van der Waals surface area contributed by atoms with Gasteiger partial charge in [-0.3, -0.25) is 9.80 Å². The van der Waals surface area contributed by atoms with Gasteiger partial charge in [-0.1, -0.05) is 0 Å². The van der Waals surface area contributed by atoms with Gasteiger partial charge in [0.25, 0.3) is 0 Å². The number of aromatic nitrogens is 2. The van der Waals surface area contributed by atoms with E-state index < -0.39 is 5.82 Å². The number of halogens is 1. The van der Waals surface area contributed by atoms with Crippen molar-refractivity contribution in [3.05, 3.63) is 60.0 Å². The number of hydrogen-bond donors (Lipinski definition) is 3. The number of methoxy groups -OCH3 is 1. The Bertz CT molecular complexity index is 1140. The third-order valence-corrected chi connectivity index (χ3v) is 4.83. The van der Waals surface area contributed by atoms with E-state index in [9.17, 15) is 9.18 Å². The Morgan fingerprint density at radius 3 is 2.67 bits per heavy atom. The van der Waals surface area contributed by atoms with E-state index in [0.717, 1.165) is 28.9 Å². The van der Waals surface area contributed by atoms with Crippen LogP contribution in [0, 0.1) is 5.82 Å². The molecular formula is C23H25FN6O3. The lowest BCUT2D eigenvalue weighted by atomic mass is 10.1. The van der Waals surface area contributed by atoms with Crippen molar-refractivity contribution in [2.75, 3.05) is 29.3 Å². The van der Waals surface area contributed by atoms with Crippen LogP contribution in [-0.4, -0.2) is 35.7 Å². The number of fused-ring (bicyclic) bond motifs is 1. The molecule has 3 aromatic rings. The average Bonchev–Trinajstić information content (AvgIpc) is 3.18. The van der Waals surface area contributed by atoms with Crippen LogP contribution in [0.2, 0.25) is 0 Å². The standard InChI is InChI=1S/C23H25FN6O3/c1-14(2)33-18-7-4-16(5-8-18)28-23-25-12-19(24)22(29-23)27-17-6-9-20-15(10-17)11-26-30(20)13-21(31)32-3/h4-10,12,14,26H,11,13H2,1-3H3,(H2,25,27,28,29). The van der Waals surface area contributed by atoms with E-state index >= 15 is 0 Å². The molecule has 2 aromatic carbocycles. The second kappa shape index (κ2) is 9.70. The van der Waals surface area contributed by atoms with Crippen molar-refractivity contribution in [3.8, 4) is 5.75 Å². The monoisotopic (exact) mass is 452 g/mol. The summed E-state index contributed by atoms with van der Waals surface area (Å²) in [5.74, 6) is 0.136. The lowest BCUT2D eigenvalue weighted by Gasteiger charge is -2.17. The number of rotatable bonds is 8. The van der Waals surface area contributed by atoms with Gasteiger partial charge in [-0.2, -0.15) is 4.98 Å². The summed E-state index contributed by atoms with van der Waals surface area (Å²) < 4.78 is 24.7. The van der Waals surface area contributed by atoms with Gasteiger partial charge >= 0.3 is 5.97 Å². The Labute approximate surface area is 190 Å². The zero-order valence-electron chi connectivity index (χ0n) is 18.6. The van der Waals surface area contributed by atoms with Gasteiger partial charge in [0.15, 0.2) is 11.6 Å². The summed E-state index contributed by atoms with van der Waals surface area (Å²) in [4.78, 5) is 19.8. The molecule has 0 saturated carbocycles. The third kappa shape index (κ3) is 5.47. The van der Waals surface area contributed by atoms with Crippen LogP contribution < -0.4 is 25.8 Å². The largest absolute Gasteiger partial charge is 0.491 e. The second-order valence-corrected chi connectivity index (χ2v) is 7.67. The van der Waals surface area contributed by atoms with Crippen molar-refractivity contribution in [2.24, 2.45) is 0 Å². The summed E-state index contributed by atoms with van der Waals surface area (Å²) in [5.41, 5.74) is 6.36. The van der Waals surface area contributed by atoms with Crippen molar-refractivity contribution in [1.29, 1.82) is 0 Å². The molecule has 33 heavy (non-hydrogen) atoms. The number of ether oxygens (including phenoxy) is 2. The van der Waals surface area contributed by atoms with Gasteiger partial charge in [-0.05, 0) is 61.9 Å². The number of benzene rings is 2. The molecule has 0 radical (unpaired) electrons. The Morgan fingerprint density at radius 1 is 1.18 bits per heavy atom. The van der Waals surface area contributed by atoms with Crippen molar-refractivity contribution < 1.29 is 18.7 Å². The third-order valence-electron chi connectivity index (χ3n) is 4.83. The van der Waals surface area contributed by atoms with Gasteiger partial charge in [0.05, 0.1) is 25.1 Å². The number of hydrazine groups is 1. The molecule has 0 amide bonds. The number of hydrogen-bond acceptors (Lipinski definition) is 9. The zero-order valence-corrected chi connectivity index (χ0v) is 18.6. The SMILES string of the molecule is COC(=O)CN1NCc2cc(Nc3nc(Nc4ccc(OC(C)C)cc4)ncc3F)ccc21. The van der Waals surface area contributed by atoms with E-state index in [2.05, 4.69) is 26.0 Å². The maximum Gasteiger partial charge on any atom is 0.326 e. The van der Waals surface area contributed by atoms with Crippen molar-refractivity contribution >= 4 is 34.8 Å². The molecular weight excluding hydrogens is 427 g/mol. The first-order chi connectivity index (χ1) is 15.9. The molecule has 172 valence electrons. The normalized spacial score (nSPS) is 12.5. The van der Waals surface area contributed by atoms with E-state index in [-0.39, 0.29) is 30.4 Å². The topological polar surface area (TPSA) is 101 Å². The average molecular weight is 452 g/mol. The molecule has 9 nitrogen and oxygen atoms in total. The first-order valence-electron chi connectivity index (χ1n) is 10.5. The molecule has 0 spiro atoms. The Kier molecular flexibility index (Phi) is 6.55. The van der Waals surface area contributed by atoms with Crippen LogP contribution in [0.15, 0.2) is 48.7 Å². The molecule has 0 saturated heterocycles. The van der Waals surface area contributed by atoms with E-state index in [1.54, 1.807) is 11.1 Å². The predicted octanol–water partition coefficient (Wildman–Crippen LogP) is 3.89. The first kappa shape index (κ1) is 22.3. The smallest absolute Gasteiger partial charge is 0.326 e. The van der Waals surface area contributed by atoms with Crippen LogP contribution in [0.4, 0.5) is 33.2 Å². The minimum absolute atomic E-state index is 0.0459. The van der Waals surface area contributed by atoms with Gasteiger partial charge in [-0.25, -0.2) is 14.8 Å². The maximum atomic E-state index is 14.4. The van der Waals surface area contributed by atoms with E-state index in [1.165, 1.54) is 7.11 Å². The van der Waals surface area contributed by atoms with Crippen molar-refractivity contribution in [3.63, 3.8) is 0 Å². The molecule has 1 aliphatic rings. The molecule has 3 N–H and O–H groups in total. The molecule has 0 aliphatic carbocycles. The zero-order chi connectivity index (χ0) is 23.4. The van der Waals surface area contributed by atoms with Crippen molar-refractivity contribution in [1.82, 2.24) is 15.4 Å². The number of nitrogens with one attached hydrogen (secondary N) is 3. The van der Waals surface area contributed by atoms with Crippen LogP contribution in [0.5, 0.6) is 5.75 Å². The van der Waals surface area contributed by atoms with Gasteiger partial charge in [-0.15, -0.1) is 0 Å². The number of anilines is 5. The Balaban J connectivity index is 1.46. The molecule has 0 atom stereocenters. The molecule has 10 heteroatoms. The van der Waals surface area contributed by atoms with Gasteiger partial charge in [0, 0.05) is 17.9 Å². The highest BCUT2D eigenvalue weighted by atomic mass is 19.1. The molecule has 1 aromatic heterocycles. The Hall–Kier alpha value is -3.92. The molecule has 0 fully saturated rings. The lowest BCUT2D eigenvalue weighted by Crippen LogP contribution is -2.37. The number of carbonyl (C=O) groups is 1. The van der Waals surface area contributed by atoms with Crippen LogP contribution in [0.25, 0.3) is 0 Å². The number of nitrogens with zero attached hydrogens (tertiary/aromatic N) is 3. The summed E-state index contributed by atoms with van der Waals surface area (Å²) in [6, 6.07) is 12.9. The Morgan fingerprint density at radius 2 is 1.94 bits per heavy atom. The molecule has 4 rings (SSSR count). The molecule has 2 heterocycles. The number of esters is 1. The fourth-order valence-corrected chi connectivity index (χ4v) is 3.34. The highest BCUT2D eigenvalue weighted by Gasteiger charge is 2.21. The van der Waals surface area contributed by atoms with Gasteiger partial charge in [0.1, 0.15) is 12.3 Å². The van der Waals surface area contributed by atoms with Gasteiger partial charge in [0.2, 0.25) is 5.95 Å². The van der Waals surface area contributed by atoms with Crippen LogP contribution in [-0.2, 0) is 16.1 Å². The molecule has 1 aliphatic heterocycles. The van der Waals surface area contributed by atoms with Crippen molar-refractivity contribution in [2.45, 2.75) is 26.5 Å². The molecule has 0 bridgehead atoms. The summed E-state index contributed by atoms with van der Waals surface area (Å²) in [6.07, 6.45) is 1.20. The highest BCUT2D eigenvalue weighted by Crippen LogP contribution is 2.30. The molecule has 0 unspecified atom stereocenters. The first-order valence-corrected chi connectivity index (χ1v) is 10.5. The van der Waals surface area contributed by atoms with Crippen LogP contribution >= 0.6 is 0 Å². The second-order valence-electron chi connectivity index (χ2n) is 7.67. The predicted molar refractivity (Wildman–Crippen MR) is 123 cm³/mol. The summed E-state index contributed by atoms with van der Waals surface area (Å²) in [7, 11) is 1.35. The maximum absolute atomic E-state index is 14.4. The van der Waals surface area contributed by atoms with E-state index in [1.807, 2.05) is 50.2 Å². The lowest BCUT2D eigenvalue weighted by molar-refractivity contribution is -0.139. The fraction of sp³-hybridized carbons (Fsp3) is 0.261. The highest BCUT2D eigenvalue weighted by molar-refractivity contribution is 5.77. The minimum atomic E-state index is -0.577. The summed E-state index contributed by atoms with van der Waals surface area (Å²) in [5, 5.41) is 7.78. The van der Waals surface area contributed by atoms with E-state index in [0.29, 0.717) is 12.2 Å². The van der Waals surface area contributed by atoms with Crippen LogP contribution in [0.1, 0.15) is 19.4 Å². The summed E-state index contributed by atoms with van der Waals surface area (Å²) >= 11 is 0. The fourth-order valence-electron chi connectivity index (χ4n) is 3.34. The minimum Gasteiger partial charge on any atom is -0.491 e.